The number of hydrogen-bond acceptors (Lipinski definition) is 3. The average Bonchev–Trinajstić information content (AvgIpc) is 2.23. The van der Waals surface area contributed by atoms with E-state index in [1.165, 1.54) is 0 Å². The first-order valence-electron chi connectivity index (χ1n) is 5.43. The van der Waals surface area contributed by atoms with Crippen LogP contribution in [0.2, 0.25) is 0 Å². The van der Waals surface area contributed by atoms with Crippen molar-refractivity contribution in [3.63, 3.8) is 0 Å². The van der Waals surface area contributed by atoms with Gasteiger partial charge < -0.3 is 15.3 Å². The Balaban J connectivity index is 3.99. The predicted octanol–water partition coefficient (Wildman–Crippen LogP) is 0.474. The third-order valence-corrected chi connectivity index (χ3v) is 2.19. The van der Waals surface area contributed by atoms with Crippen molar-refractivity contribution in [1.82, 2.24) is 10.2 Å². The summed E-state index contributed by atoms with van der Waals surface area (Å²) in [4.78, 5) is 23.6. The number of carboxylic acids is 1. The molecule has 92 valence electrons. The van der Waals surface area contributed by atoms with Crippen LogP contribution in [0.4, 0.5) is 0 Å². The second kappa shape index (κ2) is 7.87. The van der Waals surface area contributed by atoms with Crippen molar-refractivity contribution in [2.24, 2.45) is 0 Å². The van der Waals surface area contributed by atoms with Crippen LogP contribution in [0.5, 0.6) is 0 Å². The Morgan fingerprint density at radius 1 is 1.31 bits per heavy atom. The van der Waals surface area contributed by atoms with Crippen LogP contribution < -0.4 is 5.32 Å². The van der Waals surface area contributed by atoms with Gasteiger partial charge in [0.05, 0.1) is 0 Å². The molecular formula is C11H20N2O3. The van der Waals surface area contributed by atoms with Crippen LogP contribution in [0.3, 0.4) is 0 Å². The lowest BCUT2D eigenvalue weighted by molar-refractivity contribution is -0.131. The van der Waals surface area contributed by atoms with Crippen LogP contribution in [0.25, 0.3) is 0 Å². The van der Waals surface area contributed by atoms with Crippen molar-refractivity contribution in [2.75, 3.05) is 19.6 Å². The second-order valence-corrected chi connectivity index (χ2v) is 3.57. The van der Waals surface area contributed by atoms with Gasteiger partial charge in [-0.15, -0.1) is 0 Å². The highest BCUT2D eigenvalue weighted by atomic mass is 16.4. The zero-order valence-corrected chi connectivity index (χ0v) is 10.1. The van der Waals surface area contributed by atoms with Gasteiger partial charge in [0.1, 0.15) is 0 Å². The summed E-state index contributed by atoms with van der Waals surface area (Å²) in [6.07, 6.45) is 1.86. The molecule has 0 aliphatic rings. The van der Waals surface area contributed by atoms with Gasteiger partial charge in [-0.05, 0) is 20.0 Å². The van der Waals surface area contributed by atoms with Crippen molar-refractivity contribution in [2.45, 2.75) is 26.8 Å². The topological polar surface area (TPSA) is 69.6 Å². The monoisotopic (exact) mass is 228 g/mol. The number of carbonyl (C=O) groups excluding carboxylic acids is 1. The van der Waals surface area contributed by atoms with Gasteiger partial charge in [0.25, 0.3) is 0 Å². The van der Waals surface area contributed by atoms with Crippen LogP contribution in [0, 0.1) is 0 Å². The number of amides is 1. The summed E-state index contributed by atoms with van der Waals surface area (Å²) in [5, 5.41) is 11.0. The molecule has 5 nitrogen and oxygen atoms in total. The number of hydrogen-bond donors (Lipinski definition) is 2. The predicted molar refractivity (Wildman–Crippen MR) is 62.2 cm³/mol. The van der Waals surface area contributed by atoms with E-state index in [1.54, 1.807) is 0 Å². The van der Waals surface area contributed by atoms with Crippen molar-refractivity contribution in [1.29, 1.82) is 0 Å². The van der Waals surface area contributed by atoms with Crippen LogP contribution in [0.1, 0.15) is 20.8 Å². The Hall–Kier alpha value is -1.36. The summed E-state index contributed by atoms with van der Waals surface area (Å²) in [6, 6.07) is 0.00541. The minimum absolute atomic E-state index is 0.00541. The van der Waals surface area contributed by atoms with E-state index < -0.39 is 5.97 Å². The van der Waals surface area contributed by atoms with Crippen LogP contribution in [0.15, 0.2) is 12.2 Å². The maximum atomic E-state index is 11.2. The van der Waals surface area contributed by atoms with Crippen LogP contribution in [-0.4, -0.2) is 47.6 Å². The maximum absolute atomic E-state index is 11.2. The number of carboxylic acid groups (broad SMARTS) is 1. The van der Waals surface area contributed by atoms with Gasteiger partial charge in [-0.3, -0.25) is 4.79 Å². The molecule has 0 aromatic rings. The molecule has 0 saturated carbocycles. The first-order chi connectivity index (χ1) is 7.49. The SMILES string of the molecule is CCN(CC)CC(C)NC(=O)C=CC(=O)O. The Bertz CT molecular complexity index is 260. The smallest absolute Gasteiger partial charge is 0.328 e. The fourth-order valence-electron chi connectivity index (χ4n) is 1.35. The first-order valence-corrected chi connectivity index (χ1v) is 5.43. The third-order valence-electron chi connectivity index (χ3n) is 2.19. The van der Waals surface area contributed by atoms with Gasteiger partial charge in [0.2, 0.25) is 5.91 Å². The third kappa shape index (κ3) is 7.00. The Morgan fingerprint density at radius 3 is 2.31 bits per heavy atom. The number of carbonyl (C=O) groups is 2. The van der Waals surface area contributed by atoms with Crippen molar-refractivity contribution >= 4 is 11.9 Å². The summed E-state index contributed by atoms with van der Waals surface area (Å²) in [6.45, 7) is 8.64. The molecular weight excluding hydrogens is 208 g/mol. The molecule has 1 atom stereocenters. The molecule has 1 amide bonds. The zero-order chi connectivity index (χ0) is 12.6. The molecule has 0 fully saturated rings. The Morgan fingerprint density at radius 2 is 1.88 bits per heavy atom. The standard InChI is InChI=1S/C11H20N2O3/c1-4-13(5-2)8-9(3)12-10(14)6-7-11(15)16/h6-7,9H,4-5,8H2,1-3H3,(H,12,14)(H,15,16). The van der Waals surface area contributed by atoms with Crippen LogP contribution in [-0.2, 0) is 9.59 Å². The first kappa shape index (κ1) is 14.6. The summed E-state index contributed by atoms with van der Waals surface area (Å²) < 4.78 is 0. The van der Waals surface area contributed by atoms with Gasteiger partial charge in [-0.25, -0.2) is 4.79 Å². The largest absolute Gasteiger partial charge is 0.478 e. The van der Waals surface area contributed by atoms with Crippen molar-refractivity contribution in [3.05, 3.63) is 12.2 Å². The summed E-state index contributed by atoms with van der Waals surface area (Å²) >= 11 is 0. The van der Waals surface area contributed by atoms with Gasteiger partial charge >= 0.3 is 5.97 Å². The zero-order valence-electron chi connectivity index (χ0n) is 10.1. The number of aliphatic carboxylic acids is 1. The van der Waals surface area contributed by atoms with E-state index >= 15 is 0 Å². The normalized spacial score (nSPS) is 13.0. The Kier molecular flexibility index (Phi) is 7.20. The second-order valence-electron chi connectivity index (χ2n) is 3.57. The van der Waals surface area contributed by atoms with E-state index in [4.69, 9.17) is 5.11 Å². The van der Waals surface area contributed by atoms with E-state index in [0.29, 0.717) is 0 Å². The number of nitrogens with one attached hydrogen (secondary N) is 1. The molecule has 5 heteroatoms. The lowest BCUT2D eigenvalue weighted by atomic mass is 10.3. The van der Waals surface area contributed by atoms with Gasteiger partial charge in [0, 0.05) is 24.7 Å². The molecule has 0 rings (SSSR count). The molecule has 0 aromatic carbocycles. The number of rotatable bonds is 7. The highest BCUT2D eigenvalue weighted by Gasteiger charge is 2.08. The molecule has 0 aromatic heterocycles. The minimum atomic E-state index is -1.12. The van der Waals surface area contributed by atoms with Crippen molar-refractivity contribution < 1.29 is 14.7 Å². The molecule has 0 aliphatic carbocycles. The molecule has 0 saturated heterocycles. The number of likely N-dealkylation sites (N-methyl/N-ethyl adjacent to an activating group) is 1. The van der Waals surface area contributed by atoms with E-state index in [2.05, 4.69) is 24.1 Å². The van der Waals surface area contributed by atoms with Gasteiger partial charge in [0.15, 0.2) is 0 Å². The summed E-state index contributed by atoms with van der Waals surface area (Å²) in [5.74, 6) is -1.49. The van der Waals surface area contributed by atoms with Gasteiger partial charge in [-0.2, -0.15) is 0 Å². The lowest BCUT2D eigenvalue weighted by Crippen LogP contribution is -2.41. The summed E-state index contributed by atoms with van der Waals surface area (Å²) in [5.41, 5.74) is 0. The fourth-order valence-corrected chi connectivity index (χ4v) is 1.35. The molecule has 0 bridgehead atoms. The van der Waals surface area contributed by atoms with Crippen molar-refractivity contribution in [3.8, 4) is 0 Å². The molecule has 2 N–H and O–H groups in total. The molecule has 0 radical (unpaired) electrons. The highest BCUT2D eigenvalue weighted by molar-refractivity contribution is 5.93. The molecule has 0 spiro atoms. The molecule has 0 aliphatic heterocycles. The minimum Gasteiger partial charge on any atom is -0.478 e. The summed E-state index contributed by atoms with van der Waals surface area (Å²) in [7, 11) is 0. The highest BCUT2D eigenvalue weighted by Crippen LogP contribution is 1.91. The average molecular weight is 228 g/mol. The van der Waals surface area contributed by atoms with Crippen LogP contribution >= 0.6 is 0 Å². The van der Waals surface area contributed by atoms with E-state index in [-0.39, 0.29) is 11.9 Å². The van der Waals surface area contributed by atoms with E-state index in [1.807, 2.05) is 6.92 Å². The quantitative estimate of drug-likeness (QED) is 0.622. The van der Waals surface area contributed by atoms with E-state index in [0.717, 1.165) is 31.8 Å². The number of nitrogens with zero attached hydrogens (tertiary/aromatic N) is 1. The molecule has 0 heterocycles. The molecule has 16 heavy (non-hydrogen) atoms. The lowest BCUT2D eigenvalue weighted by Gasteiger charge is -2.22. The van der Waals surface area contributed by atoms with Gasteiger partial charge in [-0.1, -0.05) is 13.8 Å². The maximum Gasteiger partial charge on any atom is 0.328 e. The fraction of sp³-hybridized carbons (Fsp3) is 0.636. The Labute approximate surface area is 96.1 Å². The van der Waals surface area contributed by atoms with E-state index in [9.17, 15) is 9.59 Å². The molecule has 1 unspecified atom stereocenters.